The summed E-state index contributed by atoms with van der Waals surface area (Å²) in [6.45, 7) is 2.19. The molecule has 1 aliphatic heterocycles. The van der Waals surface area contributed by atoms with Gasteiger partial charge in [0.25, 0.3) is 0 Å². The van der Waals surface area contributed by atoms with Crippen molar-refractivity contribution in [2.75, 3.05) is 7.11 Å². The van der Waals surface area contributed by atoms with E-state index in [1.807, 2.05) is 6.08 Å². The van der Waals surface area contributed by atoms with Gasteiger partial charge in [0.2, 0.25) is 0 Å². The van der Waals surface area contributed by atoms with E-state index in [1.54, 1.807) is 0 Å². The maximum Gasteiger partial charge on any atom is 0.305 e. The molecule has 0 aromatic carbocycles. The fourth-order valence-electron chi connectivity index (χ4n) is 2.79. The maximum absolute atomic E-state index is 11.0. The third kappa shape index (κ3) is 9.77. The number of hydrogen-bond donors (Lipinski definition) is 1. The number of hydrogen-bond acceptors (Lipinski definition) is 4. The number of unbranched alkanes of at least 4 members (excludes halogenated alkanes) is 7. The Bertz CT molecular complexity index is 340. The fourth-order valence-corrected chi connectivity index (χ4v) is 2.79. The van der Waals surface area contributed by atoms with Crippen LogP contribution < -0.4 is 0 Å². The molecule has 0 amide bonds. The molecule has 0 radical (unpaired) electrons. The van der Waals surface area contributed by atoms with Gasteiger partial charge in [-0.3, -0.25) is 4.79 Å². The Hall–Kier alpha value is -0.870. The second-order valence-corrected chi connectivity index (χ2v) is 6.44. The first-order valence-corrected chi connectivity index (χ1v) is 9.26. The third-order valence-electron chi connectivity index (χ3n) is 4.36. The molecule has 1 N–H and O–H groups in total. The van der Waals surface area contributed by atoms with Gasteiger partial charge in [-0.15, -0.1) is 0 Å². The van der Waals surface area contributed by atoms with Crippen LogP contribution in [0.1, 0.15) is 77.6 Å². The lowest BCUT2D eigenvalue weighted by molar-refractivity contribution is -0.140. The zero-order valence-corrected chi connectivity index (χ0v) is 14.8. The van der Waals surface area contributed by atoms with E-state index in [9.17, 15) is 9.90 Å². The molecule has 0 bridgehead atoms. The van der Waals surface area contributed by atoms with Crippen molar-refractivity contribution in [3.05, 3.63) is 12.2 Å². The minimum atomic E-state index is -0.443. The molecule has 4 nitrogen and oxygen atoms in total. The fraction of sp³-hybridized carbons (Fsp3) is 0.842. The molecule has 0 aliphatic carbocycles. The lowest BCUT2D eigenvalue weighted by Gasteiger charge is -2.02. The lowest BCUT2D eigenvalue weighted by Crippen LogP contribution is -2.13. The predicted molar refractivity (Wildman–Crippen MR) is 92.3 cm³/mol. The molecule has 1 aliphatic rings. The number of carbonyl (C=O) groups is 1. The van der Waals surface area contributed by atoms with Crippen molar-refractivity contribution in [3.63, 3.8) is 0 Å². The van der Waals surface area contributed by atoms with Crippen LogP contribution >= 0.6 is 0 Å². The third-order valence-corrected chi connectivity index (χ3v) is 4.36. The highest BCUT2D eigenvalue weighted by Gasteiger charge is 2.42. The van der Waals surface area contributed by atoms with Gasteiger partial charge >= 0.3 is 5.97 Å². The molecule has 0 saturated carbocycles. The highest BCUT2D eigenvalue weighted by atomic mass is 16.6. The highest BCUT2D eigenvalue weighted by Crippen LogP contribution is 2.31. The molecule has 1 fully saturated rings. The molecule has 3 atom stereocenters. The number of esters is 1. The summed E-state index contributed by atoms with van der Waals surface area (Å²) in [5.74, 6) is -0.115. The normalized spacial score (nSPS) is 21.5. The van der Waals surface area contributed by atoms with Crippen molar-refractivity contribution >= 4 is 5.97 Å². The van der Waals surface area contributed by atoms with E-state index in [2.05, 4.69) is 17.7 Å². The molecule has 0 aromatic rings. The number of aliphatic hydroxyl groups is 1. The van der Waals surface area contributed by atoms with Crippen LogP contribution in [-0.4, -0.2) is 36.5 Å². The summed E-state index contributed by atoms with van der Waals surface area (Å²) in [7, 11) is 1.43. The van der Waals surface area contributed by atoms with Crippen LogP contribution in [0.25, 0.3) is 0 Å². The standard InChI is InChI=1S/C19H34O4/c1-3-4-5-7-10-13-16(20)19-17(23-19)14-11-8-6-9-12-15-18(21)22-2/h10,13,16-17,19-20H,3-9,11-12,14-15H2,1-2H3. The molecular formula is C19H34O4. The van der Waals surface area contributed by atoms with Crippen LogP contribution in [0.15, 0.2) is 12.2 Å². The summed E-state index contributed by atoms with van der Waals surface area (Å²) < 4.78 is 10.2. The van der Waals surface area contributed by atoms with Gasteiger partial charge in [0.15, 0.2) is 0 Å². The molecule has 23 heavy (non-hydrogen) atoms. The first kappa shape index (κ1) is 20.2. The lowest BCUT2D eigenvalue weighted by atomic mass is 10.0. The number of epoxide rings is 1. The van der Waals surface area contributed by atoms with E-state index < -0.39 is 6.10 Å². The summed E-state index contributed by atoms with van der Waals surface area (Å²) in [6.07, 6.45) is 15.5. The average molecular weight is 326 g/mol. The van der Waals surface area contributed by atoms with Crippen molar-refractivity contribution in [2.24, 2.45) is 0 Å². The van der Waals surface area contributed by atoms with E-state index in [4.69, 9.17) is 4.74 Å². The maximum atomic E-state index is 11.0. The first-order valence-electron chi connectivity index (χ1n) is 9.26. The van der Waals surface area contributed by atoms with E-state index >= 15 is 0 Å². The molecule has 1 saturated heterocycles. The zero-order valence-electron chi connectivity index (χ0n) is 14.8. The first-order chi connectivity index (χ1) is 11.2. The van der Waals surface area contributed by atoms with Crippen LogP contribution in [0, 0.1) is 0 Å². The molecule has 4 heteroatoms. The monoisotopic (exact) mass is 326 g/mol. The molecule has 1 rings (SSSR count). The van der Waals surface area contributed by atoms with E-state index in [0.717, 1.165) is 44.9 Å². The largest absolute Gasteiger partial charge is 0.469 e. The van der Waals surface area contributed by atoms with Crippen molar-refractivity contribution < 1.29 is 19.4 Å². The predicted octanol–water partition coefficient (Wildman–Crippen LogP) is 4.15. The summed E-state index contributed by atoms with van der Waals surface area (Å²) in [6, 6.07) is 0. The van der Waals surface area contributed by atoms with Crippen LogP contribution in [0.3, 0.4) is 0 Å². The van der Waals surface area contributed by atoms with Crippen molar-refractivity contribution in [1.82, 2.24) is 0 Å². The Morgan fingerprint density at radius 1 is 1.17 bits per heavy atom. The van der Waals surface area contributed by atoms with Crippen LogP contribution in [-0.2, 0) is 14.3 Å². The van der Waals surface area contributed by atoms with Gasteiger partial charge in [-0.1, -0.05) is 57.6 Å². The Morgan fingerprint density at radius 2 is 1.91 bits per heavy atom. The minimum absolute atomic E-state index is 0.0109. The number of aliphatic hydroxyl groups excluding tert-OH is 1. The molecule has 0 spiro atoms. The van der Waals surface area contributed by atoms with Gasteiger partial charge < -0.3 is 14.6 Å². The number of rotatable bonds is 14. The Balaban J connectivity index is 1.93. The van der Waals surface area contributed by atoms with Gasteiger partial charge in [-0.25, -0.2) is 0 Å². The van der Waals surface area contributed by atoms with Gasteiger partial charge in [0, 0.05) is 6.42 Å². The van der Waals surface area contributed by atoms with Crippen LogP contribution in [0.4, 0.5) is 0 Å². The van der Waals surface area contributed by atoms with Crippen LogP contribution in [0.5, 0.6) is 0 Å². The van der Waals surface area contributed by atoms with Gasteiger partial charge in [-0.05, 0) is 25.7 Å². The highest BCUT2D eigenvalue weighted by molar-refractivity contribution is 5.68. The van der Waals surface area contributed by atoms with Crippen molar-refractivity contribution in [2.45, 2.75) is 95.9 Å². The van der Waals surface area contributed by atoms with Gasteiger partial charge in [-0.2, -0.15) is 0 Å². The second kappa shape index (κ2) is 12.5. The van der Waals surface area contributed by atoms with Crippen molar-refractivity contribution in [1.29, 1.82) is 0 Å². The Kier molecular flexibility index (Phi) is 11.0. The molecule has 3 unspecified atom stereocenters. The Labute approximate surface area is 141 Å². The summed E-state index contributed by atoms with van der Waals surface area (Å²) in [5, 5.41) is 10.0. The Morgan fingerprint density at radius 3 is 2.65 bits per heavy atom. The number of ether oxygens (including phenoxy) is 2. The second-order valence-electron chi connectivity index (χ2n) is 6.44. The smallest absolute Gasteiger partial charge is 0.305 e. The average Bonchev–Trinajstić information content (AvgIpc) is 3.33. The van der Waals surface area contributed by atoms with Gasteiger partial charge in [0.05, 0.1) is 13.2 Å². The topological polar surface area (TPSA) is 59.1 Å². The molecule has 134 valence electrons. The van der Waals surface area contributed by atoms with E-state index in [-0.39, 0.29) is 18.2 Å². The molecule has 1 heterocycles. The van der Waals surface area contributed by atoms with Crippen molar-refractivity contribution in [3.8, 4) is 0 Å². The summed E-state index contributed by atoms with van der Waals surface area (Å²) >= 11 is 0. The van der Waals surface area contributed by atoms with E-state index in [1.165, 1.54) is 26.4 Å². The quantitative estimate of drug-likeness (QED) is 0.225. The minimum Gasteiger partial charge on any atom is -0.469 e. The number of methoxy groups -OCH3 is 1. The summed E-state index contributed by atoms with van der Waals surface area (Å²) in [4.78, 5) is 11.0. The number of carbonyl (C=O) groups excluding carboxylic acids is 1. The summed E-state index contributed by atoms with van der Waals surface area (Å²) in [5.41, 5.74) is 0. The van der Waals surface area contributed by atoms with Crippen LogP contribution in [0.2, 0.25) is 0 Å². The van der Waals surface area contributed by atoms with Gasteiger partial charge in [0.1, 0.15) is 12.2 Å². The van der Waals surface area contributed by atoms with E-state index in [0.29, 0.717) is 6.42 Å². The molecule has 0 aromatic heterocycles. The SMILES string of the molecule is CCCCCC=CC(O)C1OC1CCCCCCCC(=O)OC. The number of allylic oxidation sites excluding steroid dienone is 1. The molecular weight excluding hydrogens is 292 g/mol. The zero-order chi connectivity index (χ0) is 16.9.